The zero-order chi connectivity index (χ0) is 16.2. The van der Waals surface area contributed by atoms with Gasteiger partial charge in [0.15, 0.2) is 6.29 Å². The highest BCUT2D eigenvalue weighted by atomic mass is 16.7. The zero-order valence-corrected chi connectivity index (χ0v) is 13.9. The van der Waals surface area contributed by atoms with Crippen LogP contribution in [0, 0.1) is 0 Å². The van der Waals surface area contributed by atoms with Crippen LogP contribution in [0.2, 0.25) is 0 Å². The summed E-state index contributed by atoms with van der Waals surface area (Å²) in [4.78, 5) is 0. The third-order valence-corrected chi connectivity index (χ3v) is 3.07. The molecule has 0 aromatic carbocycles. The van der Waals surface area contributed by atoms with E-state index in [1.807, 2.05) is 41.5 Å². The van der Waals surface area contributed by atoms with Gasteiger partial charge in [-0.15, -0.1) is 0 Å². The van der Waals surface area contributed by atoms with Crippen LogP contribution in [0.3, 0.4) is 0 Å². The maximum atomic E-state index is 10.3. The van der Waals surface area contributed by atoms with E-state index in [1.165, 1.54) is 0 Å². The number of aliphatic hydroxyl groups is 2. The topological polar surface area (TPSA) is 77.4 Å². The molecule has 1 aliphatic rings. The average Bonchev–Trinajstić information content (AvgIpc) is 2.35. The van der Waals surface area contributed by atoms with Crippen LogP contribution in [0.1, 0.15) is 41.5 Å². The molecule has 0 saturated carbocycles. The molecule has 0 amide bonds. The van der Waals surface area contributed by atoms with Gasteiger partial charge in [-0.05, 0) is 41.5 Å². The molecule has 1 aliphatic heterocycles. The third-order valence-electron chi connectivity index (χ3n) is 3.07. The standard InChI is InChI=1S/C15H30O6/c1-8(2)18-7-11-14(19-9(3)4)12(16)13(17)15(21-11)20-10(5)6/h8-17H,7H2,1-6H3. The molecule has 6 nitrogen and oxygen atoms in total. The molecule has 1 saturated heterocycles. The maximum Gasteiger partial charge on any atom is 0.186 e. The van der Waals surface area contributed by atoms with E-state index < -0.39 is 30.7 Å². The van der Waals surface area contributed by atoms with Gasteiger partial charge >= 0.3 is 0 Å². The second-order valence-corrected chi connectivity index (χ2v) is 6.24. The fourth-order valence-electron chi connectivity index (χ4n) is 2.19. The Morgan fingerprint density at radius 2 is 1.43 bits per heavy atom. The summed E-state index contributed by atoms with van der Waals surface area (Å²) in [6.45, 7) is 11.6. The summed E-state index contributed by atoms with van der Waals surface area (Å²) in [5.74, 6) is 0. The lowest BCUT2D eigenvalue weighted by molar-refractivity contribution is -0.320. The van der Waals surface area contributed by atoms with Crippen molar-refractivity contribution in [2.45, 2.75) is 90.6 Å². The molecular weight excluding hydrogens is 276 g/mol. The van der Waals surface area contributed by atoms with E-state index in [0.717, 1.165) is 0 Å². The van der Waals surface area contributed by atoms with Crippen LogP contribution in [0.5, 0.6) is 0 Å². The Hall–Kier alpha value is -0.240. The van der Waals surface area contributed by atoms with Gasteiger partial charge in [0.25, 0.3) is 0 Å². The van der Waals surface area contributed by atoms with Crippen LogP contribution in [0.25, 0.3) is 0 Å². The van der Waals surface area contributed by atoms with Crippen molar-refractivity contribution in [3.63, 3.8) is 0 Å². The molecule has 0 spiro atoms. The molecule has 0 aromatic rings. The predicted octanol–water partition coefficient (Wildman–Crippen LogP) is 1.08. The molecule has 21 heavy (non-hydrogen) atoms. The Bertz CT molecular complexity index is 294. The van der Waals surface area contributed by atoms with Crippen molar-refractivity contribution in [1.82, 2.24) is 0 Å². The number of rotatable bonds is 7. The van der Waals surface area contributed by atoms with E-state index in [0.29, 0.717) is 0 Å². The van der Waals surface area contributed by atoms with Crippen LogP contribution in [0.15, 0.2) is 0 Å². The highest BCUT2D eigenvalue weighted by Crippen LogP contribution is 2.26. The Morgan fingerprint density at radius 3 is 1.90 bits per heavy atom. The Labute approximate surface area is 127 Å². The lowest BCUT2D eigenvalue weighted by Gasteiger charge is -2.43. The van der Waals surface area contributed by atoms with Gasteiger partial charge < -0.3 is 29.2 Å². The van der Waals surface area contributed by atoms with Gasteiger partial charge in [-0.1, -0.05) is 0 Å². The summed E-state index contributed by atoms with van der Waals surface area (Å²) >= 11 is 0. The normalized spacial score (nSPS) is 34.1. The molecule has 5 unspecified atom stereocenters. The van der Waals surface area contributed by atoms with Gasteiger partial charge in [-0.25, -0.2) is 0 Å². The van der Waals surface area contributed by atoms with E-state index in [2.05, 4.69) is 0 Å². The molecular formula is C15H30O6. The number of hydrogen-bond donors (Lipinski definition) is 2. The van der Waals surface area contributed by atoms with Crippen LogP contribution in [0.4, 0.5) is 0 Å². The molecule has 0 bridgehead atoms. The molecule has 1 rings (SSSR count). The molecule has 0 aromatic heterocycles. The molecule has 126 valence electrons. The molecule has 0 aliphatic carbocycles. The number of ether oxygens (including phenoxy) is 4. The van der Waals surface area contributed by atoms with Gasteiger partial charge in [-0.3, -0.25) is 0 Å². The highest BCUT2D eigenvalue weighted by molar-refractivity contribution is 4.91. The monoisotopic (exact) mass is 306 g/mol. The fourth-order valence-corrected chi connectivity index (χ4v) is 2.19. The number of aliphatic hydroxyl groups excluding tert-OH is 2. The van der Waals surface area contributed by atoms with Gasteiger partial charge in [-0.2, -0.15) is 0 Å². The predicted molar refractivity (Wildman–Crippen MR) is 78.0 cm³/mol. The first kappa shape index (κ1) is 18.8. The Kier molecular flexibility index (Phi) is 7.53. The molecule has 5 atom stereocenters. The minimum Gasteiger partial charge on any atom is -0.387 e. The fraction of sp³-hybridized carbons (Fsp3) is 1.00. The van der Waals surface area contributed by atoms with E-state index >= 15 is 0 Å². The highest BCUT2D eigenvalue weighted by Gasteiger charge is 2.46. The molecule has 2 N–H and O–H groups in total. The van der Waals surface area contributed by atoms with Crippen LogP contribution in [-0.4, -0.2) is 65.8 Å². The zero-order valence-electron chi connectivity index (χ0n) is 13.9. The smallest absolute Gasteiger partial charge is 0.186 e. The summed E-state index contributed by atoms with van der Waals surface area (Å²) in [6, 6.07) is 0. The lowest BCUT2D eigenvalue weighted by Crippen LogP contribution is -2.61. The van der Waals surface area contributed by atoms with E-state index in [9.17, 15) is 10.2 Å². The van der Waals surface area contributed by atoms with E-state index in [-0.39, 0.29) is 24.9 Å². The number of hydrogen-bond acceptors (Lipinski definition) is 6. The lowest BCUT2D eigenvalue weighted by atomic mass is 9.98. The first-order valence-electron chi connectivity index (χ1n) is 7.66. The summed E-state index contributed by atoms with van der Waals surface area (Å²) in [6.07, 6.45) is -4.41. The van der Waals surface area contributed by atoms with Gasteiger partial charge in [0.05, 0.1) is 24.9 Å². The van der Waals surface area contributed by atoms with Gasteiger partial charge in [0, 0.05) is 0 Å². The Balaban J connectivity index is 2.79. The van der Waals surface area contributed by atoms with Crippen molar-refractivity contribution in [2.75, 3.05) is 6.61 Å². The minimum atomic E-state index is -1.15. The third kappa shape index (κ3) is 5.81. The van der Waals surface area contributed by atoms with E-state index in [4.69, 9.17) is 18.9 Å². The van der Waals surface area contributed by atoms with Crippen molar-refractivity contribution in [3.05, 3.63) is 0 Å². The van der Waals surface area contributed by atoms with Crippen LogP contribution >= 0.6 is 0 Å². The van der Waals surface area contributed by atoms with Crippen molar-refractivity contribution in [1.29, 1.82) is 0 Å². The first-order chi connectivity index (χ1) is 9.72. The van der Waals surface area contributed by atoms with Gasteiger partial charge in [0.2, 0.25) is 0 Å². The minimum absolute atomic E-state index is 0.0433. The first-order valence-corrected chi connectivity index (χ1v) is 7.66. The van der Waals surface area contributed by atoms with Crippen molar-refractivity contribution in [2.24, 2.45) is 0 Å². The molecule has 1 heterocycles. The van der Waals surface area contributed by atoms with Crippen LogP contribution in [-0.2, 0) is 18.9 Å². The molecule has 0 radical (unpaired) electrons. The summed E-state index contributed by atoms with van der Waals surface area (Å²) in [7, 11) is 0. The summed E-state index contributed by atoms with van der Waals surface area (Å²) < 4.78 is 22.6. The second-order valence-electron chi connectivity index (χ2n) is 6.24. The molecule has 6 heteroatoms. The van der Waals surface area contributed by atoms with E-state index in [1.54, 1.807) is 0 Å². The van der Waals surface area contributed by atoms with Crippen molar-refractivity contribution >= 4 is 0 Å². The Morgan fingerprint density at radius 1 is 0.857 bits per heavy atom. The SMILES string of the molecule is CC(C)OCC1OC(OC(C)C)C(O)C(O)C1OC(C)C. The van der Waals surface area contributed by atoms with Crippen molar-refractivity contribution < 1.29 is 29.2 Å². The summed E-state index contributed by atoms with van der Waals surface area (Å²) in [5, 5.41) is 20.5. The second kappa shape index (κ2) is 8.41. The summed E-state index contributed by atoms with van der Waals surface area (Å²) in [5.41, 5.74) is 0. The maximum absolute atomic E-state index is 10.3. The molecule has 1 fully saturated rings. The van der Waals surface area contributed by atoms with Gasteiger partial charge in [0.1, 0.15) is 24.4 Å². The quantitative estimate of drug-likeness (QED) is 0.733. The average molecular weight is 306 g/mol. The largest absolute Gasteiger partial charge is 0.387 e. The van der Waals surface area contributed by atoms with Crippen molar-refractivity contribution in [3.8, 4) is 0 Å². The van der Waals surface area contributed by atoms with Crippen LogP contribution < -0.4 is 0 Å².